The number of aliphatic hydroxyl groups is 1. The molecule has 31 heavy (non-hydrogen) atoms. The van der Waals surface area contributed by atoms with Crippen LogP contribution in [0.1, 0.15) is 54.0 Å². The molecule has 0 amide bonds. The first kappa shape index (κ1) is 20.8. The monoisotopic (exact) mass is 434 g/mol. The molecule has 3 nitrogen and oxygen atoms in total. The van der Waals surface area contributed by atoms with Crippen LogP contribution in [0.5, 0.6) is 0 Å². The molecule has 5 atom stereocenters. The normalized spacial score (nSPS) is 29.2. The maximum Gasteiger partial charge on any atom is 0.173 e. The number of hydrogen-bond donors (Lipinski definition) is 1. The second kappa shape index (κ2) is 7.83. The number of carbonyl (C=O) groups excluding carboxylic acids is 1. The van der Waals surface area contributed by atoms with Gasteiger partial charge in [-0.1, -0.05) is 43.7 Å². The van der Waals surface area contributed by atoms with Crippen molar-refractivity contribution in [3.8, 4) is 0 Å². The summed E-state index contributed by atoms with van der Waals surface area (Å²) in [6.45, 7) is 6.34. The summed E-state index contributed by atoms with van der Waals surface area (Å²) in [4.78, 5) is 14.9. The number of ketones is 1. The van der Waals surface area contributed by atoms with Gasteiger partial charge in [0.2, 0.25) is 0 Å². The van der Waals surface area contributed by atoms with E-state index >= 15 is 0 Å². The molecule has 4 heteroatoms. The molecule has 2 aliphatic heterocycles. The van der Waals surface area contributed by atoms with Crippen LogP contribution in [-0.2, 0) is 22.4 Å². The van der Waals surface area contributed by atoms with Crippen molar-refractivity contribution in [2.45, 2.75) is 63.1 Å². The van der Waals surface area contributed by atoms with Gasteiger partial charge in [-0.15, -0.1) is 11.8 Å². The van der Waals surface area contributed by atoms with Crippen LogP contribution in [0, 0.1) is 18.8 Å². The molecule has 2 saturated heterocycles. The predicted octanol–water partition coefficient (Wildman–Crippen LogP) is 5.88. The molecular weight excluding hydrogens is 404 g/mol. The standard InChI is InChI=1S/C27H30O3S/c1-5-15-11-14(3)12-16(6-2)21(15)23-25(28)22-20-13-19(27(30-20)24(22)26(23)29)17-7-9-18(31-4)10-8-17/h7-12,19-20,22,24,27,29H,5-6,13H2,1-4H3/t19-,20-,22-,24+,27+/m0/s1. The summed E-state index contributed by atoms with van der Waals surface area (Å²) in [7, 11) is 0. The maximum absolute atomic E-state index is 13.6. The lowest BCUT2D eigenvalue weighted by Gasteiger charge is -2.27. The van der Waals surface area contributed by atoms with Gasteiger partial charge in [0.25, 0.3) is 0 Å². The van der Waals surface area contributed by atoms with E-state index in [1.54, 1.807) is 11.8 Å². The highest BCUT2D eigenvalue weighted by molar-refractivity contribution is 7.98. The summed E-state index contributed by atoms with van der Waals surface area (Å²) in [6.07, 6.45) is 4.39. The zero-order valence-corrected chi connectivity index (χ0v) is 19.5. The van der Waals surface area contributed by atoms with Gasteiger partial charge in [-0.3, -0.25) is 4.79 Å². The molecule has 0 radical (unpaired) electrons. The van der Waals surface area contributed by atoms with E-state index in [-0.39, 0.29) is 41.5 Å². The molecule has 2 fully saturated rings. The molecule has 2 aromatic rings. The Morgan fingerprint density at radius 2 is 1.71 bits per heavy atom. The lowest BCUT2D eigenvalue weighted by molar-refractivity contribution is -0.118. The van der Waals surface area contributed by atoms with Gasteiger partial charge in [0, 0.05) is 10.8 Å². The Labute approximate surface area is 188 Å². The minimum Gasteiger partial charge on any atom is -0.511 e. The Hall–Kier alpha value is -2.04. The zero-order chi connectivity index (χ0) is 21.9. The Morgan fingerprint density at radius 1 is 1.06 bits per heavy atom. The van der Waals surface area contributed by atoms with Crippen molar-refractivity contribution in [1.82, 2.24) is 0 Å². The highest BCUT2D eigenvalue weighted by atomic mass is 32.2. The number of ether oxygens (including phenoxy) is 1. The first-order valence-electron chi connectivity index (χ1n) is 11.4. The second-order valence-electron chi connectivity index (χ2n) is 9.10. The van der Waals surface area contributed by atoms with Crippen LogP contribution in [0.3, 0.4) is 0 Å². The molecule has 2 bridgehead atoms. The van der Waals surface area contributed by atoms with Crippen LogP contribution < -0.4 is 0 Å². The number of rotatable bonds is 5. The quantitative estimate of drug-likeness (QED) is 0.597. The van der Waals surface area contributed by atoms with E-state index in [2.05, 4.69) is 63.4 Å². The lowest BCUT2D eigenvalue weighted by Crippen LogP contribution is -2.33. The summed E-state index contributed by atoms with van der Waals surface area (Å²) in [5.41, 5.74) is 6.32. The van der Waals surface area contributed by atoms with E-state index in [9.17, 15) is 9.90 Å². The van der Waals surface area contributed by atoms with Crippen LogP contribution >= 0.6 is 11.8 Å². The summed E-state index contributed by atoms with van der Waals surface area (Å²) in [6, 6.07) is 13.0. The number of aryl methyl sites for hydroxylation is 3. The topological polar surface area (TPSA) is 46.5 Å². The minimum absolute atomic E-state index is 0.0828. The molecule has 0 spiro atoms. The molecule has 1 aliphatic carbocycles. The van der Waals surface area contributed by atoms with E-state index in [0.29, 0.717) is 5.57 Å². The molecular formula is C27H30O3S. The van der Waals surface area contributed by atoms with Gasteiger partial charge in [-0.2, -0.15) is 0 Å². The predicted molar refractivity (Wildman–Crippen MR) is 126 cm³/mol. The van der Waals surface area contributed by atoms with Gasteiger partial charge in [0.15, 0.2) is 5.78 Å². The highest BCUT2D eigenvalue weighted by Crippen LogP contribution is 2.58. The number of carbonyl (C=O) groups is 1. The summed E-state index contributed by atoms with van der Waals surface area (Å²) >= 11 is 1.73. The molecule has 0 unspecified atom stereocenters. The third-order valence-electron chi connectivity index (χ3n) is 7.48. The molecule has 2 heterocycles. The van der Waals surface area contributed by atoms with Crippen LogP contribution in [0.2, 0.25) is 0 Å². The Bertz CT molecular complexity index is 1040. The van der Waals surface area contributed by atoms with Crippen molar-refractivity contribution >= 4 is 23.1 Å². The molecule has 0 aromatic heterocycles. The van der Waals surface area contributed by atoms with Crippen LogP contribution in [0.15, 0.2) is 47.1 Å². The number of thioether (sulfide) groups is 1. The Kier molecular flexibility index (Phi) is 5.26. The number of allylic oxidation sites excluding steroid dienone is 1. The molecule has 1 N–H and O–H groups in total. The number of hydrogen-bond acceptors (Lipinski definition) is 4. The van der Waals surface area contributed by atoms with Gasteiger partial charge < -0.3 is 9.84 Å². The second-order valence-corrected chi connectivity index (χ2v) is 9.98. The maximum atomic E-state index is 13.6. The SMILES string of the molecule is CCc1cc(C)cc(CC)c1C1=C(O)[C@@H]2[C@@H]3O[C@@H](C[C@H]3c3ccc(SC)cc3)[C@@H]2C1=O. The Balaban J connectivity index is 1.56. The van der Waals surface area contributed by atoms with Crippen molar-refractivity contribution in [3.63, 3.8) is 0 Å². The van der Waals surface area contributed by atoms with Crippen LogP contribution in [0.25, 0.3) is 5.57 Å². The summed E-state index contributed by atoms with van der Waals surface area (Å²) in [5, 5.41) is 11.4. The number of Topliss-reactive ketones (excluding diaryl/α,β-unsaturated/α-hetero) is 1. The highest BCUT2D eigenvalue weighted by Gasteiger charge is 2.62. The van der Waals surface area contributed by atoms with E-state index in [0.717, 1.165) is 36.0 Å². The third-order valence-corrected chi connectivity index (χ3v) is 8.22. The number of fused-ring (bicyclic) bond motifs is 5. The van der Waals surface area contributed by atoms with Crippen LogP contribution in [0.4, 0.5) is 0 Å². The van der Waals surface area contributed by atoms with E-state index < -0.39 is 0 Å². The fourth-order valence-corrected chi connectivity index (χ4v) is 6.51. The molecule has 3 aliphatic rings. The first-order valence-corrected chi connectivity index (χ1v) is 12.6. The summed E-state index contributed by atoms with van der Waals surface area (Å²) in [5.74, 6) is 0.117. The molecule has 162 valence electrons. The average Bonchev–Trinajstić information content (AvgIpc) is 3.45. The summed E-state index contributed by atoms with van der Waals surface area (Å²) < 4.78 is 6.30. The van der Waals surface area contributed by atoms with Gasteiger partial charge in [0.05, 0.1) is 29.6 Å². The van der Waals surface area contributed by atoms with Crippen molar-refractivity contribution in [3.05, 3.63) is 70.0 Å². The van der Waals surface area contributed by atoms with Gasteiger partial charge >= 0.3 is 0 Å². The fourth-order valence-electron chi connectivity index (χ4n) is 6.10. The average molecular weight is 435 g/mol. The third kappa shape index (κ3) is 3.10. The largest absolute Gasteiger partial charge is 0.511 e. The zero-order valence-electron chi connectivity index (χ0n) is 18.6. The van der Waals surface area contributed by atoms with Crippen molar-refractivity contribution in [2.75, 3.05) is 6.26 Å². The van der Waals surface area contributed by atoms with Gasteiger partial charge in [0.1, 0.15) is 5.76 Å². The van der Waals surface area contributed by atoms with E-state index in [1.807, 2.05) is 0 Å². The molecule has 0 saturated carbocycles. The Morgan fingerprint density at radius 3 is 2.29 bits per heavy atom. The van der Waals surface area contributed by atoms with Crippen molar-refractivity contribution < 1.29 is 14.6 Å². The van der Waals surface area contributed by atoms with Gasteiger partial charge in [-0.25, -0.2) is 0 Å². The number of aliphatic hydroxyl groups excluding tert-OH is 1. The first-order chi connectivity index (χ1) is 15.0. The van der Waals surface area contributed by atoms with Crippen LogP contribution in [-0.4, -0.2) is 29.4 Å². The van der Waals surface area contributed by atoms with Crippen molar-refractivity contribution in [1.29, 1.82) is 0 Å². The fraction of sp³-hybridized carbons (Fsp3) is 0.444. The lowest BCUT2D eigenvalue weighted by atomic mass is 9.72. The van der Waals surface area contributed by atoms with Crippen molar-refractivity contribution in [2.24, 2.45) is 11.8 Å². The smallest absolute Gasteiger partial charge is 0.173 e. The van der Waals surface area contributed by atoms with Gasteiger partial charge in [-0.05, 0) is 66.8 Å². The van der Waals surface area contributed by atoms with E-state index in [1.165, 1.54) is 16.0 Å². The molecule has 5 rings (SSSR count). The minimum atomic E-state index is -0.238. The van der Waals surface area contributed by atoms with E-state index in [4.69, 9.17) is 4.74 Å². The molecule has 2 aromatic carbocycles. The number of benzene rings is 2.